The lowest BCUT2D eigenvalue weighted by Gasteiger charge is -2.02. The predicted octanol–water partition coefficient (Wildman–Crippen LogP) is 2.13. The molecule has 0 saturated carbocycles. The van der Waals surface area contributed by atoms with E-state index in [0.29, 0.717) is 5.75 Å². The molecule has 0 fully saturated rings. The van der Waals surface area contributed by atoms with Crippen LogP contribution in [-0.4, -0.2) is 12.2 Å². The van der Waals surface area contributed by atoms with Gasteiger partial charge in [0.15, 0.2) is 11.5 Å². The molecule has 0 aliphatic carbocycles. The van der Waals surface area contributed by atoms with Gasteiger partial charge in [-0.3, -0.25) is 0 Å². The molecule has 1 aromatic rings. The number of methoxy groups -OCH3 is 1. The zero-order valence-corrected chi connectivity index (χ0v) is 7.31. The van der Waals surface area contributed by atoms with E-state index < -0.39 is 0 Å². The quantitative estimate of drug-likeness (QED) is 0.707. The van der Waals surface area contributed by atoms with Crippen LogP contribution in [-0.2, 0) is 0 Å². The van der Waals surface area contributed by atoms with Crippen molar-refractivity contribution in [3.63, 3.8) is 0 Å². The predicted molar refractivity (Wildman–Crippen MR) is 46.6 cm³/mol. The molecular weight excluding hydrogens is 164 g/mol. The maximum Gasteiger partial charge on any atom is 0.160 e. The van der Waals surface area contributed by atoms with Gasteiger partial charge in [0.2, 0.25) is 0 Å². The molecule has 0 radical (unpaired) electrons. The van der Waals surface area contributed by atoms with Crippen molar-refractivity contribution < 1.29 is 9.84 Å². The van der Waals surface area contributed by atoms with Gasteiger partial charge >= 0.3 is 0 Å². The lowest BCUT2D eigenvalue weighted by Crippen LogP contribution is -1.83. The van der Waals surface area contributed by atoms with Crippen LogP contribution in [0.5, 0.6) is 11.5 Å². The van der Waals surface area contributed by atoms with Crippen molar-refractivity contribution in [2.24, 2.45) is 0 Å². The van der Waals surface area contributed by atoms with Gasteiger partial charge in [0.05, 0.1) is 7.11 Å². The van der Waals surface area contributed by atoms with E-state index in [2.05, 4.69) is 0 Å². The highest BCUT2D eigenvalue weighted by Gasteiger charge is 1.97. The van der Waals surface area contributed by atoms with Crippen LogP contribution in [0.1, 0.15) is 5.56 Å². The van der Waals surface area contributed by atoms with E-state index in [0.717, 1.165) is 5.56 Å². The molecule has 0 atom stereocenters. The number of hydrogen-bond acceptors (Lipinski definition) is 2. The molecular formula is C8H11ClO2. The second-order valence-electron chi connectivity index (χ2n) is 2.18. The molecule has 0 saturated heterocycles. The van der Waals surface area contributed by atoms with Crippen molar-refractivity contribution in [2.75, 3.05) is 7.11 Å². The minimum Gasteiger partial charge on any atom is -0.504 e. The van der Waals surface area contributed by atoms with Crippen molar-refractivity contribution in [1.82, 2.24) is 0 Å². The first-order chi connectivity index (χ1) is 4.74. The molecule has 0 aliphatic heterocycles. The number of hydrogen-bond donors (Lipinski definition) is 1. The first kappa shape index (κ1) is 10.1. The molecule has 2 nitrogen and oxygen atoms in total. The van der Waals surface area contributed by atoms with Gasteiger partial charge in [-0.1, -0.05) is 6.07 Å². The Balaban J connectivity index is 0.000001000. The van der Waals surface area contributed by atoms with E-state index in [1.807, 2.05) is 13.0 Å². The lowest BCUT2D eigenvalue weighted by atomic mass is 10.2. The minimum atomic E-state index is 0. The highest BCUT2D eigenvalue weighted by atomic mass is 35.5. The summed E-state index contributed by atoms with van der Waals surface area (Å²) in [5, 5.41) is 9.11. The Hall–Kier alpha value is -0.890. The normalized spacial score (nSPS) is 8.55. The number of phenolic OH excluding ortho intramolecular Hbond substituents is 1. The van der Waals surface area contributed by atoms with Crippen LogP contribution in [0.2, 0.25) is 0 Å². The van der Waals surface area contributed by atoms with E-state index in [-0.39, 0.29) is 18.2 Å². The fourth-order valence-corrected chi connectivity index (χ4v) is 0.785. The maximum atomic E-state index is 9.11. The van der Waals surface area contributed by atoms with Gasteiger partial charge < -0.3 is 9.84 Å². The molecule has 0 aromatic heterocycles. The Morgan fingerprint density at radius 1 is 1.36 bits per heavy atom. The first-order valence-corrected chi connectivity index (χ1v) is 3.07. The minimum absolute atomic E-state index is 0. The monoisotopic (exact) mass is 174 g/mol. The Labute approximate surface area is 72.2 Å². The van der Waals surface area contributed by atoms with E-state index in [1.165, 1.54) is 7.11 Å². The average molecular weight is 175 g/mol. The van der Waals surface area contributed by atoms with Gasteiger partial charge in [-0.15, -0.1) is 12.4 Å². The summed E-state index contributed by atoms with van der Waals surface area (Å²) in [4.78, 5) is 0. The van der Waals surface area contributed by atoms with Gasteiger partial charge in [0.25, 0.3) is 0 Å². The highest BCUT2D eigenvalue weighted by molar-refractivity contribution is 5.85. The molecule has 0 amide bonds. The average Bonchev–Trinajstić information content (AvgIpc) is 1.94. The lowest BCUT2D eigenvalue weighted by molar-refractivity contribution is 0.373. The largest absolute Gasteiger partial charge is 0.504 e. The molecule has 62 valence electrons. The number of ether oxygens (including phenoxy) is 1. The third-order valence-electron chi connectivity index (χ3n) is 1.34. The van der Waals surface area contributed by atoms with Gasteiger partial charge in [-0.25, -0.2) is 0 Å². The van der Waals surface area contributed by atoms with E-state index >= 15 is 0 Å². The molecule has 1 N–H and O–H groups in total. The molecule has 0 bridgehead atoms. The second-order valence-corrected chi connectivity index (χ2v) is 2.18. The third kappa shape index (κ3) is 2.31. The fourth-order valence-electron chi connectivity index (χ4n) is 0.785. The SMILES string of the molecule is COc1cc(C)ccc1O.Cl. The van der Waals surface area contributed by atoms with Crippen molar-refractivity contribution in [3.05, 3.63) is 23.8 Å². The first-order valence-electron chi connectivity index (χ1n) is 3.07. The summed E-state index contributed by atoms with van der Waals surface area (Å²) >= 11 is 0. The van der Waals surface area contributed by atoms with Crippen molar-refractivity contribution >= 4 is 12.4 Å². The standard InChI is InChI=1S/C8H10O2.ClH/c1-6-3-4-7(9)8(5-6)10-2;/h3-5,9H,1-2H3;1H. The van der Waals surface area contributed by atoms with E-state index in [4.69, 9.17) is 9.84 Å². The molecule has 3 heteroatoms. The summed E-state index contributed by atoms with van der Waals surface area (Å²) in [7, 11) is 1.54. The van der Waals surface area contributed by atoms with Crippen LogP contribution in [0.15, 0.2) is 18.2 Å². The van der Waals surface area contributed by atoms with Gasteiger partial charge in [-0.05, 0) is 24.6 Å². The van der Waals surface area contributed by atoms with E-state index in [1.54, 1.807) is 12.1 Å². The smallest absolute Gasteiger partial charge is 0.160 e. The van der Waals surface area contributed by atoms with Gasteiger partial charge in [0.1, 0.15) is 0 Å². The second kappa shape index (κ2) is 4.09. The topological polar surface area (TPSA) is 29.5 Å². The van der Waals surface area contributed by atoms with Crippen LogP contribution in [0.4, 0.5) is 0 Å². The van der Waals surface area contributed by atoms with Crippen molar-refractivity contribution in [3.8, 4) is 11.5 Å². The van der Waals surface area contributed by atoms with Gasteiger partial charge in [-0.2, -0.15) is 0 Å². The number of aromatic hydroxyl groups is 1. The zero-order valence-electron chi connectivity index (χ0n) is 6.50. The molecule has 0 spiro atoms. The Morgan fingerprint density at radius 2 is 2.00 bits per heavy atom. The number of rotatable bonds is 1. The van der Waals surface area contributed by atoms with Crippen LogP contribution < -0.4 is 4.74 Å². The van der Waals surface area contributed by atoms with Crippen LogP contribution in [0.25, 0.3) is 0 Å². The number of phenols is 1. The maximum absolute atomic E-state index is 9.11. The summed E-state index contributed by atoms with van der Waals surface area (Å²) in [5.41, 5.74) is 1.08. The Morgan fingerprint density at radius 3 is 2.45 bits per heavy atom. The third-order valence-corrected chi connectivity index (χ3v) is 1.34. The molecule has 0 unspecified atom stereocenters. The number of benzene rings is 1. The van der Waals surface area contributed by atoms with Gasteiger partial charge in [0, 0.05) is 0 Å². The molecule has 1 rings (SSSR count). The van der Waals surface area contributed by atoms with Crippen LogP contribution in [0.3, 0.4) is 0 Å². The number of halogens is 1. The summed E-state index contributed by atoms with van der Waals surface area (Å²) in [6.45, 7) is 1.95. The summed E-state index contributed by atoms with van der Waals surface area (Å²) < 4.78 is 4.88. The van der Waals surface area contributed by atoms with E-state index in [9.17, 15) is 0 Å². The molecule has 11 heavy (non-hydrogen) atoms. The molecule has 1 aromatic carbocycles. The fraction of sp³-hybridized carbons (Fsp3) is 0.250. The number of aryl methyl sites for hydroxylation is 1. The van der Waals surface area contributed by atoms with Crippen molar-refractivity contribution in [1.29, 1.82) is 0 Å². The van der Waals surface area contributed by atoms with Crippen LogP contribution >= 0.6 is 12.4 Å². The molecule has 0 aliphatic rings. The summed E-state index contributed by atoms with van der Waals surface area (Å²) in [6.07, 6.45) is 0. The summed E-state index contributed by atoms with van der Waals surface area (Å²) in [6, 6.07) is 5.24. The Kier molecular flexibility index (Phi) is 3.76. The Bertz CT molecular complexity index is 236. The van der Waals surface area contributed by atoms with Crippen molar-refractivity contribution in [2.45, 2.75) is 6.92 Å². The summed E-state index contributed by atoms with van der Waals surface area (Å²) in [5.74, 6) is 0.716. The van der Waals surface area contributed by atoms with Crippen LogP contribution in [0, 0.1) is 6.92 Å². The molecule has 0 heterocycles. The highest BCUT2D eigenvalue weighted by Crippen LogP contribution is 2.25. The zero-order chi connectivity index (χ0) is 7.56.